The van der Waals surface area contributed by atoms with Crippen molar-refractivity contribution < 1.29 is 24.0 Å². The summed E-state index contributed by atoms with van der Waals surface area (Å²) in [5.74, 6) is -0.932. The molecule has 4 N–H and O–H groups in total. The van der Waals surface area contributed by atoms with Crippen molar-refractivity contribution in [2.45, 2.75) is 58.0 Å². The molecular weight excluding hydrogens is 400 g/mol. The zero-order valence-corrected chi connectivity index (χ0v) is 18.2. The summed E-state index contributed by atoms with van der Waals surface area (Å²) in [7, 11) is 1.59. The van der Waals surface area contributed by atoms with E-state index in [1.54, 1.807) is 32.2 Å². The minimum Gasteiger partial charge on any atom is -0.352 e. The standard InChI is InChI=1S/C22H32N4O5/c1-16(10-11-20(30)25-15-28)26(2)22(31)21-17(7-6-8-18(21)14-27)13-24-19(29)9-4-3-5-12-23/h6-8,14-16H,3-5,9-13,23H2,1-2H3,(H,24,29)(H,25,28,30). The van der Waals surface area contributed by atoms with Crippen LogP contribution in [0.2, 0.25) is 0 Å². The largest absolute Gasteiger partial charge is 0.352 e. The lowest BCUT2D eigenvalue weighted by molar-refractivity contribution is -0.125. The zero-order chi connectivity index (χ0) is 23.2. The van der Waals surface area contributed by atoms with E-state index in [4.69, 9.17) is 5.73 Å². The molecule has 0 aliphatic rings. The first-order valence-electron chi connectivity index (χ1n) is 10.4. The molecule has 0 saturated carbocycles. The Labute approximate surface area is 182 Å². The fourth-order valence-electron chi connectivity index (χ4n) is 3.06. The van der Waals surface area contributed by atoms with E-state index in [0.29, 0.717) is 37.6 Å². The van der Waals surface area contributed by atoms with Gasteiger partial charge in [0.25, 0.3) is 5.91 Å². The van der Waals surface area contributed by atoms with Gasteiger partial charge in [0.1, 0.15) is 0 Å². The van der Waals surface area contributed by atoms with Crippen molar-refractivity contribution in [1.82, 2.24) is 15.5 Å². The lowest BCUT2D eigenvalue weighted by atomic mass is 9.99. The molecule has 9 nitrogen and oxygen atoms in total. The Balaban J connectivity index is 2.86. The predicted octanol–water partition coefficient (Wildman–Crippen LogP) is 1.15. The number of imide groups is 1. The van der Waals surface area contributed by atoms with Crippen molar-refractivity contribution in [2.75, 3.05) is 13.6 Å². The van der Waals surface area contributed by atoms with Crippen LogP contribution in [0.5, 0.6) is 0 Å². The second-order valence-corrected chi connectivity index (χ2v) is 7.36. The van der Waals surface area contributed by atoms with E-state index in [2.05, 4.69) is 10.6 Å². The van der Waals surface area contributed by atoms with Crippen molar-refractivity contribution in [2.24, 2.45) is 5.73 Å². The van der Waals surface area contributed by atoms with Crippen LogP contribution in [-0.4, -0.2) is 55.0 Å². The van der Waals surface area contributed by atoms with Gasteiger partial charge in [-0.15, -0.1) is 0 Å². The Hall–Kier alpha value is -3.07. The van der Waals surface area contributed by atoms with Crippen LogP contribution in [0, 0.1) is 0 Å². The highest BCUT2D eigenvalue weighted by molar-refractivity contribution is 6.02. The van der Waals surface area contributed by atoms with Gasteiger partial charge in [0, 0.05) is 38.0 Å². The predicted molar refractivity (Wildman–Crippen MR) is 116 cm³/mol. The van der Waals surface area contributed by atoms with E-state index in [1.165, 1.54) is 4.90 Å². The molecule has 9 heteroatoms. The third-order valence-electron chi connectivity index (χ3n) is 5.10. The number of aldehydes is 1. The van der Waals surface area contributed by atoms with Crippen LogP contribution in [0.25, 0.3) is 0 Å². The lowest BCUT2D eigenvalue weighted by Gasteiger charge is -2.26. The summed E-state index contributed by atoms with van der Waals surface area (Å²) in [4.78, 5) is 60.0. The monoisotopic (exact) mass is 432 g/mol. The maximum atomic E-state index is 13.1. The first-order chi connectivity index (χ1) is 14.8. The van der Waals surface area contributed by atoms with Gasteiger partial charge < -0.3 is 16.0 Å². The zero-order valence-electron chi connectivity index (χ0n) is 18.2. The summed E-state index contributed by atoms with van der Waals surface area (Å²) >= 11 is 0. The molecule has 0 aromatic heterocycles. The second-order valence-electron chi connectivity index (χ2n) is 7.36. The van der Waals surface area contributed by atoms with Crippen LogP contribution in [0.4, 0.5) is 0 Å². The Morgan fingerprint density at radius 3 is 2.48 bits per heavy atom. The molecule has 0 heterocycles. The Kier molecular flexibility index (Phi) is 11.7. The van der Waals surface area contributed by atoms with Gasteiger partial charge in [-0.25, -0.2) is 0 Å². The van der Waals surface area contributed by atoms with Crippen molar-refractivity contribution in [1.29, 1.82) is 0 Å². The number of nitrogens with two attached hydrogens (primary N) is 1. The molecule has 0 spiro atoms. The third kappa shape index (κ3) is 8.67. The Bertz CT molecular complexity index is 781. The minimum absolute atomic E-state index is 0.0833. The number of nitrogens with one attached hydrogen (secondary N) is 2. The van der Waals surface area contributed by atoms with Gasteiger partial charge >= 0.3 is 0 Å². The summed E-state index contributed by atoms with van der Waals surface area (Å²) in [5, 5.41) is 4.86. The molecule has 170 valence electrons. The van der Waals surface area contributed by atoms with Crippen LogP contribution in [0.15, 0.2) is 18.2 Å². The Morgan fingerprint density at radius 1 is 1.10 bits per heavy atom. The smallest absolute Gasteiger partial charge is 0.254 e. The average molecular weight is 433 g/mol. The van der Waals surface area contributed by atoms with E-state index in [1.807, 2.05) is 0 Å². The average Bonchev–Trinajstić information content (AvgIpc) is 2.77. The van der Waals surface area contributed by atoms with Crippen LogP contribution in [-0.2, 0) is 20.9 Å². The normalized spacial score (nSPS) is 11.3. The molecule has 1 atom stereocenters. The van der Waals surface area contributed by atoms with E-state index in [0.717, 1.165) is 19.3 Å². The van der Waals surface area contributed by atoms with E-state index in [9.17, 15) is 24.0 Å². The quantitative estimate of drug-likeness (QED) is 0.298. The highest BCUT2D eigenvalue weighted by Gasteiger charge is 2.23. The molecule has 0 saturated heterocycles. The van der Waals surface area contributed by atoms with Crippen molar-refractivity contribution in [3.05, 3.63) is 34.9 Å². The molecule has 1 rings (SSSR count). The number of hydrogen-bond acceptors (Lipinski definition) is 6. The molecule has 0 fully saturated rings. The van der Waals surface area contributed by atoms with Crippen molar-refractivity contribution >= 4 is 30.4 Å². The van der Waals surface area contributed by atoms with Gasteiger partial charge in [-0.3, -0.25) is 29.3 Å². The van der Waals surface area contributed by atoms with Crippen LogP contribution >= 0.6 is 0 Å². The fraction of sp³-hybridized carbons (Fsp3) is 0.500. The molecule has 0 radical (unpaired) electrons. The number of carbonyl (C=O) groups is 5. The first-order valence-corrected chi connectivity index (χ1v) is 10.4. The van der Waals surface area contributed by atoms with E-state index < -0.39 is 5.91 Å². The molecule has 0 aliphatic heterocycles. The van der Waals surface area contributed by atoms with E-state index in [-0.39, 0.29) is 41.9 Å². The summed E-state index contributed by atoms with van der Waals surface area (Å²) in [6, 6.07) is 4.60. The number of rotatable bonds is 14. The number of carbonyl (C=O) groups excluding carboxylic acids is 5. The fourth-order valence-corrected chi connectivity index (χ4v) is 3.06. The van der Waals surface area contributed by atoms with Gasteiger partial charge in [0.2, 0.25) is 18.2 Å². The summed E-state index contributed by atoms with van der Waals surface area (Å²) in [6.45, 7) is 2.50. The van der Waals surface area contributed by atoms with Crippen molar-refractivity contribution in [3.63, 3.8) is 0 Å². The SMILES string of the molecule is CC(CCC(=O)NC=O)N(C)C(=O)c1c(C=O)cccc1CNC(=O)CCCCCN. The number of nitrogens with zero attached hydrogens (tertiary/aromatic N) is 1. The van der Waals surface area contributed by atoms with Crippen LogP contribution in [0.1, 0.15) is 71.7 Å². The maximum Gasteiger partial charge on any atom is 0.254 e. The molecule has 0 bridgehead atoms. The number of amides is 4. The first kappa shape index (κ1) is 26.0. The molecule has 1 aromatic carbocycles. The minimum atomic E-state index is -0.425. The second kappa shape index (κ2) is 14.0. The molecule has 31 heavy (non-hydrogen) atoms. The summed E-state index contributed by atoms with van der Waals surface area (Å²) in [5.41, 5.74) is 6.45. The summed E-state index contributed by atoms with van der Waals surface area (Å²) in [6.07, 6.45) is 4.22. The van der Waals surface area contributed by atoms with Gasteiger partial charge in [-0.05, 0) is 38.3 Å². The van der Waals surface area contributed by atoms with Crippen LogP contribution in [0.3, 0.4) is 0 Å². The number of benzene rings is 1. The highest BCUT2D eigenvalue weighted by atomic mass is 16.2. The summed E-state index contributed by atoms with van der Waals surface area (Å²) < 4.78 is 0. The van der Waals surface area contributed by atoms with E-state index >= 15 is 0 Å². The van der Waals surface area contributed by atoms with Crippen LogP contribution < -0.4 is 16.4 Å². The number of unbranched alkanes of at least 4 members (excludes halogenated alkanes) is 2. The van der Waals surface area contributed by atoms with Gasteiger partial charge in [-0.2, -0.15) is 0 Å². The van der Waals surface area contributed by atoms with Gasteiger partial charge in [0.15, 0.2) is 6.29 Å². The lowest BCUT2D eigenvalue weighted by Crippen LogP contribution is -2.37. The molecule has 4 amide bonds. The molecule has 0 aliphatic carbocycles. The van der Waals surface area contributed by atoms with Gasteiger partial charge in [0.05, 0.1) is 5.56 Å². The third-order valence-corrected chi connectivity index (χ3v) is 5.10. The Morgan fingerprint density at radius 2 is 1.84 bits per heavy atom. The van der Waals surface area contributed by atoms with Crippen molar-refractivity contribution in [3.8, 4) is 0 Å². The van der Waals surface area contributed by atoms with Gasteiger partial charge in [-0.1, -0.05) is 24.6 Å². The number of hydrogen-bond donors (Lipinski definition) is 3. The topological polar surface area (TPSA) is 139 Å². The molecular formula is C22H32N4O5. The molecule has 1 unspecified atom stereocenters. The maximum absolute atomic E-state index is 13.1. The highest BCUT2D eigenvalue weighted by Crippen LogP contribution is 2.18. The molecule has 1 aromatic rings.